The number of para-hydroxylation sites is 2. The summed E-state index contributed by atoms with van der Waals surface area (Å²) in [6.45, 7) is 4.76. The first-order valence-electron chi connectivity index (χ1n) is 7.51. The number of nitrogens with one attached hydrogen (secondary N) is 1. The third-order valence-corrected chi connectivity index (χ3v) is 3.62. The molecule has 0 spiro atoms. The summed E-state index contributed by atoms with van der Waals surface area (Å²) in [5.74, 6) is -0.498. The van der Waals surface area contributed by atoms with Crippen molar-refractivity contribution in [1.29, 1.82) is 0 Å². The number of rotatable bonds is 4. The summed E-state index contributed by atoms with van der Waals surface area (Å²) in [5, 5.41) is 11.8. The highest BCUT2D eigenvalue weighted by molar-refractivity contribution is 5.91. The van der Waals surface area contributed by atoms with Crippen LogP contribution in [-0.2, 0) is 4.79 Å². The highest BCUT2D eigenvalue weighted by atomic mass is 16.5. The lowest BCUT2D eigenvalue weighted by molar-refractivity contribution is -0.143. The lowest BCUT2D eigenvalue weighted by Gasteiger charge is -2.30. The fourth-order valence-electron chi connectivity index (χ4n) is 2.45. The summed E-state index contributed by atoms with van der Waals surface area (Å²) < 4.78 is 5.67. The first-order valence-corrected chi connectivity index (χ1v) is 7.51. The number of carboxylic acids is 1. The Bertz CT molecular complexity index is 537. The summed E-state index contributed by atoms with van der Waals surface area (Å²) in [4.78, 5) is 24.9. The second-order valence-electron chi connectivity index (χ2n) is 5.69. The first kappa shape index (κ1) is 16.1. The molecule has 6 heteroatoms. The number of piperidine rings is 1. The van der Waals surface area contributed by atoms with Crippen LogP contribution in [0.5, 0.6) is 5.75 Å². The molecule has 2 rings (SSSR count). The lowest BCUT2D eigenvalue weighted by atomic mass is 9.97. The second-order valence-corrected chi connectivity index (χ2v) is 5.69. The Balaban J connectivity index is 1.97. The van der Waals surface area contributed by atoms with Crippen LogP contribution >= 0.6 is 0 Å². The van der Waals surface area contributed by atoms with Crippen LogP contribution in [0.2, 0.25) is 0 Å². The molecular weight excluding hydrogens is 284 g/mol. The Kier molecular flexibility index (Phi) is 5.25. The fraction of sp³-hybridized carbons (Fsp3) is 0.500. The molecule has 0 aliphatic carbocycles. The highest BCUT2D eigenvalue weighted by Gasteiger charge is 2.27. The maximum absolute atomic E-state index is 12.3. The molecule has 0 atom stereocenters. The van der Waals surface area contributed by atoms with Gasteiger partial charge in [0.15, 0.2) is 0 Å². The Hall–Kier alpha value is -2.24. The molecule has 6 nitrogen and oxygen atoms in total. The number of nitrogens with zero attached hydrogens (tertiary/aromatic N) is 1. The van der Waals surface area contributed by atoms with Gasteiger partial charge in [0, 0.05) is 13.1 Å². The molecule has 120 valence electrons. The number of benzene rings is 1. The van der Waals surface area contributed by atoms with Crippen LogP contribution in [0.3, 0.4) is 0 Å². The SMILES string of the molecule is CC(C)Oc1ccccc1NC(=O)N1CCC(C(=O)O)CC1. The quantitative estimate of drug-likeness (QED) is 0.896. The molecule has 2 N–H and O–H groups in total. The standard InChI is InChI=1S/C16H22N2O4/c1-11(2)22-14-6-4-3-5-13(14)17-16(21)18-9-7-12(8-10-18)15(19)20/h3-6,11-12H,7-10H2,1-2H3,(H,17,21)(H,19,20). The Labute approximate surface area is 130 Å². The van der Waals surface area contributed by atoms with Gasteiger partial charge in [-0.1, -0.05) is 12.1 Å². The fourth-order valence-corrected chi connectivity index (χ4v) is 2.45. The monoisotopic (exact) mass is 306 g/mol. The van der Waals surface area contributed by atoms with E-state index in [9.17, 15) is 9.59 Å². The molecule has 0 radical (unpaired) electrons. The van der Waals surface area contributed by atoms with E-state index < -0.39 is 5.97 Å². The van der Waals surface area contributed by atoms with Gasteiger partial charge in [-0.25, -0.2) is 4.79 Å². The maximum atomic E-state index is 12.3. The minimum Gasteiger partial charge on any atom is -0.489 e. The molecule has 1 aliphatic heterocycles. The van der Waals surface area contributed by atoms with Gasteiger partial charge < -0.3 is 20.1 Å². The Morgan fingerprint density at radius 1 is 1.27 bits per heavy atom. The van der Waals surface area contributed by atoms with E-state index in [-0.39, 0.29) is 18.1 Å². The van der Waals surface area contributed by atoms with Crippen LogP contribution in [0.4, 0.5) is 10.5 Å². The number of carboxylic acid groups (broad SMARTS) is 1. The van der Waals surface area contributed by atoms with Gasteiger partial charge >= 0.3 is 12.0 Å². The van der Waals surface area contributed by atoms with E-state index in [2.05, 4.69) is 5.32 Å². The third kappa shape index (κ3) is 4.13. The molecule has 1 fully saturated rings. The number of amides is 2. The Morgan fingerprint density at radius 2 is 1.91 bits per heavy atom. The number of ether oxygens (including phenoxy) is 1. The van der Waals surface area contributed by atoms with Crippen molar-refractivity contribution < 1.29 is 19.4 Å². The zero-order valence-corrected chi connectivity index (χ0v) is 12.9. The summed E-state index contributed by atoms with van der Waals surface area (Å²) in [5.41, 5.74) is 0.626. The van der Waals surface area contributed by atoms with Gasteiger partial charge in [0.25, 0.3) is 0 Å². The maximum Gasteiger partial charge on any atom is 0.321 e. The van der Waals surface area contributed by atoms with E-state index >= 15 is 0 Å². The summed E-state index contributed by atoms with van der Waals surface area (Å²) in [7, 11) is 0. The van der Waals surface area contributed by atoms with Gasteiger partial charge in [-0.3, -0.25) is 4.79 Å². The minimum atomic E-state index is -0.782. The average molecular weight is 306 g/mol. The second kappa shape index (κ2) is 7.15. The zero-order valence-electron chi connectivity index (χ0n) is 12.9. The van der Waals surface area contributed by atoms with Gasteiger partial charge in [0.05, 0.1) is 17.7 Å². The molecule has 22 heavy (non-hydrogen) atoms. The summed E-state index contributed by atoms with van der Waals surface area (Å²) in [6.07, 6.45) is 1.00. The van der Waals surface area contributed by atoms with E-state index in [1.807, 2.05) is 32.0 Å². The van der Waals surface area contributed by atoms with Gasteiger partial charge in [0.2, 0.25) is 0 Å². The molecule has 1 aromatic carbocycles. The predicted molar refractivity (Wildman–Crippen MR) is 83.2 cm³/mol. The predicted octanol–water partition coefficient (Wildman–Crippen LogP) is 2.80. The van der Waals surface area contributed by atoms with Crippen LogP contribution in [0.25, 0.3) is 0 Å². The van der Waals surface area contributed by atoms with Crippen molar-refractivity contribution in [1.82, 2.24) is 4.90 Å². The number of anilines is 1. The topological polar surface area (TPSA) is 78.9 Å². The summed E-state index contributed by atoms with van der Waals surface area (Å²) >= 11 is 0. The Morgan fingerprint density at radius 3 is 2.50 bits per heavy atom. The van der Waals surface area contributed by atoms with E-state index in [4.69, 9.17) is 9.84 Å². The number of carbonyl (C=O) groups is 2. The number of hydrogen-bond donors (Lipinski definition) is 2. The largest absolute Gasteiger partial charge is 0.489 e. The average Bonchev–Trinajstić information content (AvgIpc) is 2.48. The van der Waals surface area contributed by atoms with Crippen LogP contribution in [-0.4, -0.2) is 41.2 Å². The molecule has 0 saturated carbocycles. The van der Waals surface area contributed by atoms with Crippen molar-refractivity contribution >= 4 is 17.7 Å². The molecule has 1 aromatic rings. The van der Waals surface area contributed by atoms with Crippen molar-refractivity contribution in [2.45, 2.75) is 32.8 Å². The number of hydrogen-bond acceptors (Lipinski definition) is 3. The van der Waals surface area contributed by atoms with Gasteiger partial charge in [-0.05, 0) is 38.8 Å². The van der Waals surface area contributed by atoms with Crippen molar-refractivity contribution in [3.8, 4) is 5.75 Å². The van der Waals surface area contributed by atoms with E-state index in [0.717, 1.165) is 0 Å². The van der Waals surface area contributed by atoms with E-state index in [1.54, 1.807) is 11.0 Å². The number of carbonyl (C=O) groups excluding carboxylic acids is 1. The number of likely N-dealkylation sites (tertiary alicyclic amines) is 1. The van der Waals surface area contributed by atoms with Crippen LogP contribution in [0.1, 0.15) is 26.7 Å². The normalized spacial score (nSPS) is 15.7. The number of urea groups is 1. The van der Waals surface area contributed by atoms with Crippen molar-refractivity contribution in [2.24, 2.45) is 5.92 Å². The minimum absolute atomic E-state index is 0.0179. The van der Waals surface area contributed by atoms with Crippen molar-refractivity contribution in [3.63, 3.8) is 0 Å². The van der Waals surface area contributed by atoms with Crippen molar-refractivity contribution in [2.75, 3.05) is 18.4 Å². The first-order chi connectivity index (χ1) is 10.5. The molecule has 1 saturated heterocycles. The third-order valence-electron chi connectivity index (χ3n) is 3.62. The zero-order chi connectivity index (χ0) is 16.1. The van der Waals surface area contributed by atoms with E-state index in [1.165, 1.54) is 0 Å². The molecule has 0 bridgehead atoms. The van der Waals surface area contributed by atoms with Gasteiger partial charge in [0.1, 0.15) is 5.75 Å². The van der Waals surface area contributed by atoms with Crippen LogP contribution in [0.15, 0.2) is 24.3 Å². The molecule has 2 amide bonds. The number of aliphatic carboxylic acids is 1. The smallest absolute Gasteiger partial charge is 0.321 e. The molecular formula is C16H22N2O4. The van der Waals surface area contributed by atoms with Gasteiger partial charge in [-0.2, -0.15) is 0 Å². The van der Waals surface area contributed by atoms with E-state index in [0.29, 0.717) is 37.4 Å². The van der Waals surface area contributed by atoms with Gasteiger partial charge in [-0.15, -0.1) is 0 Å². The molecule has 1 aliphatic rings. The molecule has 0 aromatic heterocycles. The van der Waals surface area contributed by atoms with Crippen molar-refractivity contribution in [3.05, 3.63) is 24.3 Å². The highest BCUT2D eigenvalue weighted by Crippen LogP contribution is 2.26. The lowest BCUT2D eigenvalue weighted by Crippen LogP contribution is -2.42. The summed E-state index contributed by atoms with van der Waals surface area (Å²) in [6, 6.07) is 7.07. The molecule has 0 unspecified atom stereocenters. The molecule has 1 heterocycles. The van der Waals surface area contributed by atoms with Crippen LogP contribution < -0.4 is 10.1 Å². The van der Waals surface area contributed by atoms with Crippen LogP contribution in [0, 0.1) is 5.92 Å².